The standard InChI is InChI=1S/C28H26N2O4/c1-33-23-13-7-5-11-21(23)18-30-27(31)25(22-12-6-8-14-24(22)34-2)26(28(30)32)29-16-15-19-9-3-4-10-20(19)17-29/h3-14H,15-18H2,1-2H3. The first-order valence-corrected chi connectivity index (χ1v) is 11.3. The molecule has 0 fully saturated rings. The molecule has 0 unspecified atom stereocenters. The summed E-state index contributed by atoms with van der Waals surface area (Å²) in [5.74, 6) is 0.584. The van der Waals surface area contributed by atoms with E-state index in [0.717, 1.165) is 12.0 Å². The average Bonchev–Trinajstić information content (AvgIpc) is 3.13. The van der Waals surface area contributed by atoms with Gasteiger partial charge in [0.15, 0.2) is 0 Å². The van der Waals surface area contributed by atoms with Crippen molar-refractivity contribution in [2.24, 2.45) is 0 Å². The van der Waals surface area contributed by atoms with Crippen LogP contribution in [0.3, 0.4) is 0 Å². The zero-order valence-electron chi connectivity index (χ0n) is 19.3. The third-order valence-corrected chi connectivity index (χ3v) is 6.49. The Bertz CT molecular complexity index is 1300. The molecule has 0 saturated carbocycles. The van der Waals surface area contributed by atoms with Crippen molar-refractivity contribution in [3.63, 3.8) is 0 Å². The molecular formula is C28H26N2O4. The van der Waals surface area contributed by atoms with Crippen molar-refractivity contribution in [3.8, 4) is 11.5 Å². The molecule has 34 heavy (non-hydrogen) atoms. The van der Waals surface area contributed by atoms with Crippen molar-refractivity contribution >= 4 is 17.4 Å². The summed E-state index contributed by atoms with van der Waals surface area (Å²) in [4.78, 5) is 31.0. The molecule has 172 valence electrons. The highest BCUT2D eigenvalue weighted by molar-refractivity contribution is 6.36. The summed E-state index contributed by atoms with van der Waals surface area (Å²) >= 11 is 0. The molecule has 2 aliphatic heterocycles. The van der Waals surface area contributed by atoms with Gasteiger partial charge < -0.3 is 14.4 Å². The lowest BCUT2D eigenvalue weighted by molar-refractivity contribution is -0.138. The van der Waals surface area contributed by atoms with Crippen LogP contribution in [-0.2, 0) is 29.1 Å². The normalized spacial score (nSPS) is 15.6. The Morgan fingerprint density at radius 3 is 2.18 bits per heavy atom. The number of benzene rings is 3. The summed E-state index contributed by atoms with van der Waals surface area (Å²) in [6.45, 7) is 1.37. The van der Waals surface area contributed by atoms with Crippen molar-refractivity contribution in [1.29, 1.82) is 0 Å². The monoisotopic (exact) mass is 454 g/mol. The van der Waals surface area contributed by atoms with Crippen LogP contribution >= 0.6 is 0 Å². The highest BCUT2D eigenvalue weighted by atomic mass is 16.5. The first-order valence-electron chi connectivity index (χ1n) is 11.3. The molecule has 0 spiro atoms. The molecule has 0 bridgehead atoms. The van der Waals surface area contributed by atoms with Gasteiger partial charge in [0.05, 0.1) is 26.3 Å². The minimum absolute atomic E-state index is 0.133. The zero-order chi connectivity index (χ0) is 23.7. The van der Waals surface area contributed by atoms with Gasteiger partial charge in [0.25, 0.3) is 11.8 Å². The predicted octanol–water partition coefficient (Wildman–Crippen LogP) is 4.04. The van der Waals surface area contributed by atoms with Crippen LogP contribution in [-0.4, -0.2) is 42.4 Å². The van der Waals surface area contributed by atoms with E-state index in [-0.39, 0.29) is 18.4 Å². The SMILES string of the molecule is COc1ccccc1CN1C(=O)C(c2ccccc2OC)=C(N2CCc3ccccc3C2)C1=O. The molecule has 0 saturated heterocycles. The van der Waals surface area contributed by atoms with E-state index in [0.29, 0.717) is 41.4 Å². The average molecular weight is 455 g/mol. The number of rotatable bonds is 6. The van der Waals surface area contributed by atoms with E-state index in [4.69, 9.17) is 9.47 Å². The molecule has 0 aliphatic carbocycles. The lowest BCUT2D eigenvalue weighted by atomic mass is 9.97. The second-order valence-electron chi connectivity index (χ2n) is 8.37. The van der Waals surface area contributed by atoms with Gasteiger partial charge in [-0.05, 0) is 29.7 Å². The summed E-state index contributed by atoms with van der Waals surface area (Å²) in [6.07, 6.45) is 0.812. The fourth-order valence-electron chi connectivity index (χ4n) is 4.78. The van der Waals surface area contributed by atoms with Crippen LogP contribution in [0.4, 0.5) is 0 Å². The molecular weight excluding hydrogens is 428 g/mol. The van der Waals surface area contributed by atoms with E-state index in [2.05, 4.69) is 12.1 Å². The molecule has 2 heterocycles. The van der Waals surface area contributed by atoms with Gasteiger partial charge in [-0.2, -0.15) is 0 Å². The maximum absolute atomic E-state index is 13.8. The molecule has 3 aromatic carbocycles. The smallest absolute Gasteiger partial charge is 0.278 e. The van der Waals surface area contributed by atoms with Crippen molar-refractivity contribution in [1.82, 2.24) is 9.80 Å². The minimum Gasteiger partial charge on any atom is -0.496 e. The Morgan fingerprint density at radius 2 is 1.41 bits per heavy atom. The summed E-state index contributed by atoms with van der Waals surface area (Å²) in [5.41, 5.74) is 4.66. The van der Waals surface area contributed by atoms with Gasteiger partial charge in [-0.25, -0.2) is 0 Å². The topological polar surface area (TPSA) is 59.1 Å². The largest absolute Gasteiger partial charge is 0.496 e. The maximum Gasteiger partial charge on any atom is 0.278 e. The highest BCUT2D eigenvalue weighted by Gasteiger charge is 2.43. The zero-order valence-corrected chi connectivity index (χ0v) is 19.3. The number of carbonyl (C=O) groups excluding carboxylic acids is 2. The van der Waals surface area contributed by atoms with Crippen LogP contribution in [0.15, 0.2) is 78.5 Å². The molecule has 0 atom stereocenters. The van der Waals surface area contributed by atoms with Crippen molar-refractivity contribution in [2.45, 2.75) is 19.5 Å². The van der Waals surface area contributed by atoms with E-state index in [1.165, 1.54) is 16.0 Å². The summed E-state index contributed by atoms with van der Waals surface area (Å²) in [6, 6.07) is 23.1. The molecule has 6 heteroatoms. The number of hydrogen-bond acceptors (Lipinski definition) is 5. The summed E-state index contributed by atoms with van der Waals surface area (Å²) < 4.78 is 11.0. The van der Waals surface area contributed by atoms with Gasteiger partial charge in [0.1, 0.15) is 17.2 Å². The van der Waals surface area contributed by atoms with Crippen LogP contribution in [0.5, 0.6) is 11.5 Å². The Hall–Kier alpha value is -4.06. The van der Waals surface area contributed by atoms with Gasteiger partial charge in [0.2, 0.25) is 0 Å². The van der Waals surface area contributed by atoms with E-state index in [1.54, 1.807) is 14.2 Å². The van der Waals surface area contributed by atoms with Crippen molar-refractivity contribution in [2.75, 3.05) is 20.8 Å². The van der Waals surface area contributed by atoms with Crippen LogP contribution in [0.1, 0.15) is 22.3 Å². The molecule has 0 radical (unpaired) electrons. The molecule has 2 amide bonds. The van der Waals surface area contributed by atoms with Crippen molar-refractivity contribution < 1.29 is 19.1 Å². The highest BCUT2D eigenvalue weighted by Crippen LogP contribution is 2.38. The fraction of sp³-hybridized carbons (Fsp3) is 0.214. The number of methoxy groups -OCH3 is 2. The van der Waals surface area contributed by atoms with Gasteiger partial charge in [0, 0.05) is 24.2 Å². The first-order chi connectivity index (χ1) is 16.6. The number of imide groups is 1. The Balaban J connectivity index is 1.59. The maximum atomic E-state index is 13.8. The van der Waals surface area contributed by atoms with E-state index in [9.17, 15) is 9.59 Å². The Labute approximate surface area is 199 Å². The predicted molar refractivity (Wildman–Crippen MR) is 129 cm³/mol. The third kappa shape index (κ3) is 3.71. The number of ether oxygens (including phenoxy) is 2. The number of carbonyl (C=O) groups is 2. The molecule has 6 nitrogen and oxygen atoms in total. The van der Waals surface area contributed by atoms with E-state index >= 15 is 0 Å². The second-order valence-corrected chi connectivity index (χ2v) is 8.37. The lowest BCUT2D eigenvalue weighted by Crippen LogP contribution is -2.37. The van der Waals surface area contributed by atoms with Gasteiger partial charge in [-0.3, -0.25) is 14.5 Å². The van der Waals surface area contributed by atoms with Crippen LogP contribution < -0.4 is 9.47 Å². The first kappa shape index (κ1) is 21.8. The summed E-state index contributed by atoms with van der Waals surface area (Å²) in [5, 5.41) is 0. The summed E-state index contributed by atoms with van der Waals surface area (Å²) in [7, 11) is 3.16. The molecule has 0 N–H and O–H groups in total. The number of fused-ring (bicyclic) bond motifs is 1. The fourth-order valence-corrected chi connectivity index (χ4v) is 4.78. The third-order valence-electron chi connectivity index (χ3n) is 6.49. The number of amides is 2. The molecule has 0 aromatic heterocycles. The van der Waals surface area contributed by atoms with E-state index < -0.39 is 0 Å². The quantitative estimate of drug-likeness (QED) is 0.526. The second kappa shape index (κ2) is 9.06. The number of hydrogen-bond donors (Lipinski definition) is 0. The molecule has 3 aromatic rings. The van der Waals surface area contributed by atoms with Crippen LogP contribution in [0.2, 0.25) is 0 Å². The van der Waals surface area contributed by atoms with Gasteiger partial charge in [-0.1, -0.05) is 60.7 Å². The number of nitrogens with zero attached hydrogens (tertiary/aromatic N) is 2. The van der Waals surface area contributed by atoms with Crippen molar-refractivity contribution in [3.05, 3.63) is 101 Å². The Morgan fingerprint density at radius 1 is 0.765 bits per heavy atom. The van der Waals surface area contributed by atoms with E-state index in [1.807, 2.05) is 65.6 Å². The minimum atomic E-state index is -0.325. The van der Waals surface area contributed by atoms with Crippen LogP contribution in [0.25, 0.3) is 5.57 Å². The lowest BCUT2D eigenvalue weighted by Gasteiger charge is -2.31. The Kier molecular flexibility index (Phi) is 5.80. The van der Waals surface area contributed by atoms with Crippen LogP contribution in [0, 0.1) is 0 Å². The molecule has 5 rings (SSSR count). The van der Waals surface area contributed by atoms with Gasteiger partial charge >= 0.3 is 0 Å². The van der Waals surface area contributed by atoms with Gasteiger partial charge in [-0.15, -0.1) is 0 Å². The molecule has 2 aliphatic rings. The number of para-hydroxylation sites is 2.